The van der Waals surface area contributed by atoms with E-state index in [-0.39, 0.29) is 16.3 Å². The number of nitriles is 1. The van der Waals surface area contributed by atoms with Crippen molar-refractivity contribution >= 4 is 21.6 Å². The molecule has 0 heterocycles. The number of anilines is 1. The first-order valence-electron chi connectivity index (χ1n) is 7.48. The van der Waals surface area contributed by atoms with E-state index >= 15 is 0 Å². The second kappa shape index (κ2) is 7.24. The first kappa shape index (κ1) is 16.3. The van der Waals surface area contributed by atoms with Crippen molar-refractivity contribution in [2.75, 3.05) is 18.0 Å². The van der Waals surface area contributed by atoms with Crippen LogP contribution in [0, 0.1) is 23.1 Å². The molecule has 1 aromatic carbocycles. The van der Waals surface area contributed by atoms with Crippen molar-refractivity contribution in [3.8, 4) is 6.07 Å². The molecule has 2 atom stereocenters. The summed E-state index contributed by atoms with van der Waals surface area (Å²) in [7, 11) is 0. The molecule has 2 rings (SSSR count). The van der Waals surface area contributed by atoms with Gasteiger partial charge in [0.25, 0.3) is 0 Å². The molecule has 1 fully saturated rings. The molecule has 21 heavy (non-hydrogen) atoms. The normalized spacial score (nSPS) is 21.9. The highest BCUT2D eigenvalue weighted by Crippen LogP contribution is 2.35. The molecule has 114 valence electrons. The monoisotopic (exact) mass is 353 g/mol. The van der Waals surface area contributed by atoms with E-state index in [9.17, 15) is 4.39 Å². The van der Waals surface area contributed by atoms with E-state index in [1.807, 2.05) is 13.0 Å². The molecule has 0 radical (unpaired) electrons. The largest absolute Gasteiger partial charge is 0.366 e. The van der Waals surface area contributed by atoms with Crippen LogP contribution >= 0.6 is 15.9 Å². The van der Waals surface area contributed by atoms with Crippen LogP contribution in [-0.2, 0) is 0 Å². The molecule has 0 spiro atoms. The third-order valence-electron chi connectivity index (χ3n) is 4.40. The van der Waals surface area contributed by atoms with E-state index in [1.54, 1.807) is 12.1 Å². The smallest absolute Gasteiger partial charge is 0.161 e. The van der Waals surface area contributed by atoms with Crippen LogP contribution in [0.1, 0.15) is 38.2 Å². The van der Waals surface area contributed by atoms with Gasteiger partial charge in [-0.2, -0.15) is 5.26 Å². The fourth-order valence-electron chi connectivity index (χ4n) is 3.30. The third-order valence-corrected chi connectivity index (χ3v) is 5.18. The maximum atomic E-state index is 14.6. The van der Waals surface area contributed by atoms with Crippen LogP contribution in [0.15, 0.2) is 16.6 Å². The van der Waals surface area contributed by atoms with Crippen LogP contribution in [0.2, 0.25) is 0 Å². The van der Waals surface area contributed by atoms with Crippen molar-refractivity contribution in [3.05, 3.63) is 28.0 Å². The van der Waals surface area contributed by atoms with Crippen LogP contribution in [0.3, 0.4) is 0 Å². The van der Waals surface area contributed by atoms with Gasteiger partial charge in [0, 0.05) is 12.6 Å². The minimum absolute atomic E-state index is 0.251. The first-order chi connectivity index (χ1) is 10.1. The Kier molecular flexibility index (Phi) is 5.60. The predicted octanol–water partition coefficient (Wildman–Crippen LogP) is 3.80. The quantitative estimate of drug-likeness (QED) is 0.895. The Labute approximate surface area is 134 Å². The van der Waals surface area contributed by atoms with E-state index in [4.69, 9.17) is 11.0 Å². The second-order valence-corrected chi connectivity index (χ2v) is 6.30. The number of rotatable bonds is 4. The summed E-state index contributed by atoms with van der Waals surface area (Å²) in [5, 5.41) is 8.98. The maximum absolute atomic E-state index is 14.6. The molecule has 1 aromatic rings. The van der Waals surface area contributed by atoms with Gasteiger partial charge in [-0.15, -0.1) is 0 Å². The molecule has 1 aliphatic rings. The molecule has 1 saturated carbocycles. The molecule has 0 bridgehead atoms. The van der Waals surface area contributed by atoms with Crippen molar-refractivity contribution in [1.82, 2.24) is 0 Å². The lowest BCUT2D eigenvalue weighted by molar-refractivity contribution is 0.299. The third kappa shape index (κ3) is 3.22. The minimum atomic E-state index is -0.350. The van der Waals surface area contributed by atoms with Crippen molar-refractivity contribution in [3.63, 3.8) is 0 Å². The van der Waals surface area contributed by atoms with Gasteiger partial charge in [-0.05, 0) is 60.3 Å². The number of hydrogen-bond acceptors (Lipinski definition) is 3. The van der Waals surface area contributed by atoms with Crippen LogP contribution < -0.4 is 10.6 Å². The van der Waals surface area contributed by atoms with E-state index in [0.29, 0.717) is 23.7 Å². The Morgan fingerprint density at radius 1 is 1.43 bits per heavy atom. The molecule has 0 saturated heterocycles. The molecule has 0 aromatic heterocycles. The molecular formula is C16H21BrFN3. The van der Waals surface area contributed by atoms with Crippen molar-refractivity contribution < 1.29 is 4.39 Å². The van der Waals surface area contributed by atoms with Crippen LogP contribution in [-0.4, -0.2) is 19.1 Å². The Morgan fingerprint density at radius 3 is 2.76 bits per heavy atom. The zero-order chi connectivity index (χ0) is 15.4. The van der Waals surface area contributed by atoms with Gasteiger partial charge in [-0.3, -0.25) is 0 Å². The highest BCUT2D eigenvalue weighted by Gasteiger charge is 2.30. The number of nitrogens with zero attached hydrogens (tertiary/aromatic N) is 2. The second-order valence-electron chi connectivity index (χ2n) is 5.51. The van der Waals surface area contributed by atoms with Crippen LogP contribution in [0.5, 0.6) is 0 Å². The topological polar surface area (TPSA) is 53.0 Å². The van der Waals surface area contributed by atoms with E-state index in [2.05, 4.69) is 20.8 Å². The molecule has 2 unspecified atom stereocenters. The molecular weight excluding hydrogens is 333 g/mol. The summed E-state index contributed by atoms with van der Waals surface area (Å²) in [6.07, 6.45) is 4.52. The Bertz CT molecular complexity index is 541. The van der Waals surface area contributed by atoms with Gasteiger partial charge < -0.3 is 10.6 Å². The van der Waals surface area contributed by atoms with E-state index < -0.39 is 0 Å². The predicted molar refractivity (Wildman–Crippen MR) is 86.6 cm³/mol. The zero-order valence-corrected chi connectivity index (χ0v) is 13.9. The van der Waals surface area contributed by atoms with Gasteiger partial charge in [0.05, 0.1) is 15.7 Å². The average molecular weight is 354 g/mol. The maximum Gasteiger partial charge on any atom is 0.161 e. The van der Waals surface area contributed by atoms with Crippen LogP contribution in [0.4, 0.5) is 10.1 Å². The molecule has 1 aliphatic carbocycles. The fourth-order valence-corrected chi connectivity index (χ4v) is 3.73. The van der Waals surface area contributed by atoms with Gasteiger partial charge in [0.15, 0.2) is 5.82 Å². The summed E-state index contributed by atoms with van der Waals surface area (Å²) in [5.74, 6) is 0.0600. The average Bonchev–Trinajstić information content (AvgIpc) is 2.52. The van der Waals surface area contributed by atoms with Gasteiger partial charge in [-0.25, -0.2) is 4.39 Å². The number of nitrogens with two attached hydrogens (primary N) is 1. The summed E-state index contributed by atoms with van der Waals surface area (Å²) < 4.78 is 14.9. The van der Waals surface area contributed by atoms with Gasteiger partial charge in [0.1, 0.15) is 6.07 Å². The fraction of sp³-hybridized carbons (Fsp3) is 0.562. The molecule has 0 aliphatic heterocycles. The van der Waals surface area contributed by atoms with Crippen molar-refractivity contribution in [2.24, 2.45) is 11.7 Å². The van der Waals surface area contributed by atoms with Crippen molar-refractivity contribution in [1.29, 1.82) is 5.26 Å². The minimum Gasteiger partial charge on any atom is -0.366 e. The molecule has 2 N–H and O–H groups in total. The number of benzene rings is 1. The highest BCUT2D eigenvalue weighted by atomic mass is 79.9. The highest BCUT2D eigenvalue weighted by molar-refractivity contribution is 9.10. The molecule has 0 amide bonds. The summed E-state index contributed by atoms with van der Waals surface area (Å²) in [6, 6.07) is 5.66. The standard InChI is InChI=1S/C16H21BrFN3/c1-2-21(13-6-4-3-5-11(13)9-19)14-8-7-12(10-20)15(17)16(14)18/h7-8,11,13H,2-6,9,19H2,1H3. The summed E-state index contributed by atoms with van der Waals surface area (Å²) in [4.78, 5) is 2.11. The summed E-state index contributed by atoms with van der Waals surface area (Å²) >= 11 is 3.20. The molecule has 3 nitrogen and oxygen atoms in total. The lowest BCUT2D eigenvalue weighted by Crippen LogP contribution is -2.45. The Morgan fingerprint density at radius 2 is 2.14 bits per heavy atom. The number of halogens is 2. The van der Waals surface area contributed by atoms with E-state index in [0.717, 1.165) is 25.8 Å². The summed E-state index contributed by atoms with van der Waals surface area (Å²) in [5.41, 5.74) is 6.79. The van der Waals surface area contributed by atoms with Gasteiger partial charge in [0.2, 0.25) is 0 Å². The van der Waals surface area contributed by atoms with Crippen molar-refractivity contribution in [2.45, 2.75) is 38.6 Å². The van der Waals surface area contributed by atoms with E-state index in [1.165, 1.54) is 6.42 Å². The zero-order valence-electron chi connectivity index (χ0n) is 12.3. The Balaban J connectivity index is 2.37. The Hall–Kier alpha value is -1.12. The van der Waals surface area contributed by atoms with Gasteiger partial charge in [-0.1, -0.05) is 12.8 Å². The first-order valence-corrected chi connectivity index (χ1v) is 8.28. The SMILES string of the molecule is CCN(c1ccc(C#N)c(Br)c1F)C1CCCCC1CN. The van der Waals surface area contributed by atoms with Gasteiger partial charge >= 0.3 is 0 Å². The summed E-state index contributed by atoms with van der Waals surface area (Å²) in [6.45, 7) is 3.41. The molecule has 5 heteroatoms. The number of hydrogen-bond donors (Lipinski definition) is 1. The van der Waals surface area contributed by atoms with Crippen LogP contribution in [0.25, 0.3) is 0 Å². The lowest BCUT2D eigenvalue weighted by Gasteiger charge is -2.40. The lowest BCUT2D eigenvalue weighted by atomic mass is 9.83.